The first-order valence-corrected chi connectivity index (χ1v) is 9.49. The number of Topliss-reactive ketones (excluding diaryl/α,β-unsaturated/α-hetero) is 1. The van der Waals surface area contributed by atoms with Crippen molar-refractivity contribution in [1.29, 1.82) is 0 Å². The molecule has 0 spiro atoms. The number of nitrogens with one attached hydrogen (secondary N) is 3. The molecule has 2 aliphatic rings. The molecule has 0 radical (unpaired) electrons. The Morgan fingerprint density at radius 3 is 2.86 bits per heavy atom. The van der Waals surface area contributed by atoms with Crippen LogP contribution in [0.4, 0.5) is 0 Å². The maximum Gasteiger partial charge on any atom is 0.238 e. The summed E-state index contributed by atoms with van der Waals surface area (Å²) in [5, 5.41) is 2.93. The third-order valence-corrected chi connectivity index (χ3v) is 4.89. The normalized spacial score (nSPS) is 19.8. The summed E-state index contributed by atoms with van der Waals surface area (Å²) in [5.41, 5.74) is 7.65. The number of hydrogen-bond donors (Lipinski definition) is 3. The molecule has 2 heterocycles. The number of fused-ring (bicyclic) bond motifs is 1. The van der Waals surface area contributed by atoms with Crippen molar-refractivity contribution in [2.24, 2.45) is 0 Å². The number of hydrogen-bond acceptors (Lipinski definition) is 7. The first kappa shape index (κ1) is 19.2. The molecule has 3 N–H and O–H groups in total. The van der Waals surface area contributed by atoms with Gasteiger partial charge in [0.1, 0.15) is 18.4 Å². The lowest BCUT2D eigenvalue weighted by atomic mass is 10.1. The van der Waals surface area contributed by atoms with E-state index in [9.17, 15) is 9.59 Å². The summed E-state index contributed by atoms with van der Waals surface area (Å²) >= 11 is 0. The zero-order chi connectivity index (χ0) is 20.2. The second-order valence-corrected chi connectivity index (χ2v) is 7.07. The Kier molecular flexibility index (Phi) is 5.64. The molecule has 0 aliphatic carbocycles. The molecule has 0 bridgehead atoms. The zero-order valence-corrected chi connectivity index (χ0v) is 16.1. The number of carbonyl (C=O) groups is 2. The molecule has 1 fully saturated rings. The van der Waals surface area contributed by atoms with Gasteiger partial charge in [-0.1, -0.05) is 18.2 Å². The van der Waals surface area contributed by atoms with E-state index < -0.39 is 0 Å². The molecule has 0 saturated carbocycles. The molecule has 2 unspecified atom stereocenters. The number of rotatable bonds is 7. The van der Waals surface area contributed by atoms with E-state index in [1.807, 2.05) is 24.3 Å². The largest absolute Gasteiger partial charge is 0.492 e. The first-order valence-electron chi connectivity index (χ1n) is 9.49. The van der Waals surface area contributed by atoms with Crippen molar-refractivity contribution in [2.75, 3.05) is 13.4 Å². The van der Waals surface area contributed by atoms with E-state index in [4.69, 9.17) is 14.2 Å². The summed E-state index contributed by atoms with van der Waals surface area (Å²) in [6.07, 6.45) is 0.597. The van der Waals surface area contributed by atoms with Crippen molar-refractivity contribution < 1.29 is 23.8 Å². The smallest absolute Gasteiger partial charge is 0.238 e. The lowest BCUT2D eigenvalue weighted by molar-refractivity contribution is -0.123. The molecule has 4 rings (SSSR count). The Bertz CT molecular complexity index is 917. The second-order valence-electron chi connectivity index (χ2n) is 7.07. The Labute approximate surface area is 168 Å². The molecule has 1 saturated heterocycles. The van der Waals surface area contributed by atoms with Gasteiger partial charge in [-0.15, -0.1) is 0 Å². The fourth-order valence-corrected chi connectivity index (χ4v) is 3.27. The number of ether oxygens (including phenoxy) is 3. The predicted molar refractivity (Wildman–Crippen MR) is 105 cm³/mol. The second kappa shape index (κ2) is 8.50. The summed E-state index contributed by atoms with van der Waals surface area (Å²) in [5.74, 6) is 1.96. The Morgan fingerprint density at radius 1 is 1.14 bits per heavy atom. The molecule has 29 heavy (non-hydrogen) atoms. The van der Waals surface area contributed by atoms with Gasteiger partial charge in [0.05, 0.1) is 6.04 Å². The molecular formula is C21H23N3O5. The quantitative estimate of drug-likeness (QED) is 0.610. The Hall–Kier alpha value is -3.10. The minimum atomic E-state index is -0.346. The number of carbonyl (C=O) groups excluding carboxylic acids is 2. The number of amides is 1. The number of benzene rings is 2. The van der Waals surface area contributed by atoms with Gasteiger partial charge in [-0.3, -0.25) is 15.0 Å². The molecule has 2 atom stereocenters. The van der Waals surface area contributed by atoms with E-state index in [1.54, 1.807) is 18.2 Å². The highest BCUT2D eigenvalue weighted by Gasteiger charge is 2.29. The van der Waals surface area contributed by atoms with Gasteiger partial charge in [-0.2, -0.15) is 0 Å². The summed E-state index contributed by atoms with van der Waals surface area (Å²) in [4.78, 5) is 23.9. The van der Waals surface area contributed by atoms with E-state index in [1.165, 1.54) is 6.92 Å². The summed E-state index contributed by atoms with van der Waals surface area (Å²) in [6.45, 7) is 2.55. The molecule has 0 aromatic heterocycles. The van der Waals surface area contributed by atoms with Crippen molar-refractivity contribution in [3.63, 3.8) is 0 Å². The average molecular weight is 397 g/mol. The maximum absolute atomic E-state index is 12.4. The van der Waals surface area contributed by atoms with Gasteiger partial charge >= 0.3 is 0 Å². The molecule has 8 nitrogen and oxygen atoms in total. The van der Waals surface area contributed by atoms with Crippen LogP contribution < -0.4 is 30.4 Å². The molecule has 2 aliphatic heterocycles. The van der Waals surface area contributed by atoms with Gasteiger partial charge in [0.15, 0.2) is 17.3 Å². The van der Waals surface area contributed by atoms with Crippen molar-refractivity contribution >= 4 is 11.7 Å². The van der Waals surface area contributed by atoms with Gasteiger partial charge < -0.3 is 19.5 Å². The van der Waals surface area contributed by atoms with Gasteiger partial charge in [0.25, 0.3) is 0 Å². The monoisotopic (exact) mass is 397 g/mol. The minimum Gasteiger partial charge on any atom is -0.492 e. The van der Waals surface area contributed by atoms with Crippen LogP contribution >= 0.6 is 0 Å². The van der Waals surface area contributed by atoms with Crippen LogP contribution in [0, 0.1) is 0 Å². The van der Waals surface area contributed by atoms with Crippen LogP contribution in [0.2, 0.25) is 0 Å². The number of ketones is 1. The lowest BCUT2D eigenvalue weighted by Gasteiger charge is -2.12. The average Bonchev–Trinajstić information content (AvgIpc) is 3.39. The zero-order valence-electron chi connectivity index (χ0n) is 16.1. The van der Waals surface area contributed by atoms with Crippen LogP contribution in [0.3, 0.4) is 0 Å². The van der Waals surface area contributed by atoms with Crippen molar-refractivity contribution in [2.45, 2.75) is 32.0 Å². The topological polar surface area (TPSA) is 97.9 Å². The molecular weight excluding hydrogens is 374 g/mol. The van der Waals surface area contributed by atoms with E-state index in [0.717, 1.165) is 11.3 Å². The highest BCUT2D eigenvalue weighted by Crippen LogP contribution is 2.32. The fraction of sp³-hybridized carbons (Fsp3) is 0.333. The van der Waals surface area contributed by atoms with Crippen LogP contribution in [0.15, 0.2) is 42.5 Å². The van der Waals surface area contributed by atoms with Crippen LogP contribution in [0.25, 0.3) is 0 Å². The van der Waals surface area contributed by atoms with Crippen LogP contribution in [-0.2, 0) is 11.3 Å². The molecule has 8 heteroatoms. The molecule has 1 amide bonds. The Balaban J connectivity index is 1.23. The number of hydrazine groups is 1. The van der Waals surface area contributed by atoms with Gasteiger partial charge in [0, 0.05) is 12.1 Å². The summed E-state index contributed by atoms with van der Waals surface area (Å²) in [7, 11) is 0. The minimum absolute atomic E-state index is 0.00435. The molecule has 2 aromatic rings. The van der Waals surface area contributed by atoms with Gasteiger partial charge in [-0.25, -0.2) is 5.43 Å². The summed E-state index contributed by atoms with van der Waals surface area (Å²) < 4.78 is 16.4. The summed E-state index contributed by atoms with van der Waals surface area (Å²) in [6, 6.07) is 12.3. The van der Waals surface area contributed by atoms with Crippen molar-refractivity contribution in [3.8, 4) is 17.2 Å². The molecule has 2 aromatic carbocycles. The van der Waals surface area contributed by atoms with Gasteiger partial charge in [-0.05, 0) is 43.2 Å². The SMILES string of the molecule is CC(=O)c1cccc(OCC2CC(C(=O)NCc3ccc4c(c3)OCO4)NN2)c1. The third-order valence-electron chi connectivity index (χ3n) is 4.89. The van der Waals surface area contributed by atoms with Crippen LogP contribution in [0.5, 0.6) is 17.2 Å². The van der Waals surface area contributed by atoms with Crippen molar-refractivity contribution in [3.05, 3.63) is 53.6 Å². The van der Waals surface area contributed by atoms with Crippen molar-refractivity contribution in [1.82, 2.24) is 16.2 Å². The first-order chi connectivity index (χ1) is 14.1. The fourth-order valence-electron chi connectivity index (χ4n) is 3.27. The predicted octanol–water partition coefficient (Wildman–Crippen LogP) is 1.55. The molecule has 152 valence electrons. The van der Waals surface area contributed by atoms with Gasteiger partial charge in [0.2, 0.25) is 12.7 Å². The maximum atomic E-state index is 12.4. The Morgan fingerprint density at radius 2 is 2.00 bits per heavy atom. The van der Waals surface area contributed by atoms with E-state index in [0.29, 0.717) is 36.6 Å². The third kappa shape index (κ3) is 4.67. The van der Waals surface area contributed by atoms with E-state index in [2.05, 4.69) is 16.2 Å². The van der Waals surface area contributed by atoms with Crippen LogP contribution in [-0.4, -0.2) is 37.2 Å². The highest BCUT2D eigenvalue weighted by atomic mass is 16.7. The lowest BCUT2D eigenvalue weighted by Crippen LogP contribution is -2.43. The van der Waals surface area contributed by atoms with E-state index >= 15 is 0 Å². The van der Waals surface area contributed by atoms with Crippen LogP contribution in [0.1, 0.15) is 29.3 Å². The standard InChI is InChI=1S/C21H23N3O5/c1-13(25)15-3-2-4-17(8-15)27-11-16-9-18(24-23-16)21(26)22-10-14-5-6-19-20(7-14)29-12-28-19/h2-8,16,18,23-24H,9-12H2,1H3,(H,22,26). The van der Waals surface area contributed by atoms with E-state index in [-0.39, 0.29) is 30.6 Å². The highest BCUT2D eigenvalue weighted by molar-refractivity contribution is 5.94.